The minimum absolute atomic E-state index is 0.0982. The fourth-order valence-corrected chi connectivity index (χ4v) is 1.57. The minimum atomic E-state index is -0.590. The fraction of sp³-hybridized carbons (Fsp3) is 0. The molecule has 0 bridgehead atoms. The van der Waals surface area contributed by atoms with E-state index in [4.69, 9.17) is 4.42 Å². The zero-order valence-electron chi connectivity index (χ0n) is 8.59. The van der Waals surface area contributed by atoms with Gasteiger partial charge in [0.25, 0.3) is 0 Å². The molecule has 0 radical (unpaired) electrons. The second kappa shape index (κ2) is 3.55. The van der Waals surface area contributed by atoms with Crippen molar-refractivity contribution < 1.29 is 13.9 Å². The Morgan fingerprint density at radius 2 is 2.06 bits per heavy atom. The number of aromatic nitrogens is 2. The molecule has 0 unspecified atom stereocenters. The minimum Gasteiger partial charge on any atom is -0.508 e. The van der Waals surface area contributed by atoms with Crippen LogP contribution in [0.2, 0.25) is 0 Å². The first-order valence-electron chi connectivity index (χ1n) is 4.94. The molecule has 0 amide bonds. The van der Waals surface area contributed by atoms with Crippen LogP contribution in [-0.2, 0) is 0 Å². The first-order chi connectivity index (χ1) is 8.22. The van der Waals surface area contributed by atoms with Gasteiger partial charge in [-0.3, -0.25) is 0 Å². The lowest BCUT2D eigenvalue weighted by atomic mass is 10.3. The number of phenols is 1. The number of rotatable bonds is 1. The van der Waals surface area contributed by atoms with Crippen molar-refractivity contribution in [1.82, 2.24) is 9.97 Å². The molecule has 0 fully saturated rings. The number of halogens is 1. The molecule has 2 heterocycles. The first kappa shape index (κ1) is 9.77. The van der Waals surface area contributed by atoms with Crippen molar-refractivity contribution in [2.75, 3.05) is 0 Å². The van der Waals surface area contributed by atoms with Gasteiger partial charge >= 0.3 is 0 Å². The zero-order valence-corrected chi connectivity index (χ0v) is 8.59. The number of nitrogens with zero attached hydrogens (tertiary/aromatic N) is 2. The molecule has 0 saturated carbocycles. The molecule has 0 aliphatic rings. The Morgan fingerprint density at radius 1 is 1.18 bits per heavy atom. The van der Waals surface area contributed by atoms with E-state index in [1.165, 1.54) is 24.4 Å². The molecular weight excluding hydrogens is 223 g/mol. The summed E-state index contributed by atoms with van der Waals surface area (Å²) in [5, 5.41) is 9.30. The van der Waals surface area contributed by atoms with Gasteiger partial charge in [0.05, 0.1) is 0 Å². The largest absolute Gasteiger partial charge is 0.508 e. The van der Waals surface area contributed by atoms with Gasteiger partial charge in [-0.15, -0.1) is 0 Å². The Labute approximate surface area is 95.4 Å². The molecular formula is C12H7FN2O2. The highest BCUT2D eigenvalue weighted by atomic mass is 19.1. The third-order valence-corrected chi connectivity index (χ3v) is 2.35. The molecule has 0 aliphatic heterocycles. The van der Waals surface area contributed by atoms with Crippen molar-refractivity contribution in [2.24, 2.45) is 0 Å². The number of aromatic hydroxyl groups is 1. The highest BCUT2D eigenvalue weighted by Crippen LogP contribution is 2.26. The number of oxazole rings is 1. The number of pyridine rings is 1. The van der Waals surface area contributed by atoms with Gasteiger partial charge in [-0.2, -0.15) is 4.39 Å². The third kappa shape index (κ3) is 1.71. The van der Waals surface area contributed by atoms with Crippen LogP contribution in [0.5, 0.6) is 5.75 Å². The van der Waals surface area contributed by atoms with Gasteiger partial charge in [0.1, 0.15) is 11.3 Å². The lowest BCUT2D eigenvalue weighted by Gasteiger charge is -1.93. The molecule has 1 N–H and O–H groups in total. The number of hydrogen-bond donors (Lipinski definition) is 1. The van der Waals surface area contributed by atoms with Gasteiger partial charge in [0.15, 0.2) is 5.58 Å². The third-order valence-electron chi connectivity index (χ3n) is 2.35. The molecule has 17 heavy (non-hydrogen) atoms. The zero-order chi connectivity index (χ0) is 11.8. The van der Waals surface area contributed by atoms with Crippen molar-refractivity contribution in [1.29, 1.82) is 0 Å². The van der Waals surface area contributed by atoms with E-state index in [0.717, 1.165) is 0 Å². The van der Waals surface area contributed by atoms with Gasteiger partial charge in [-0.1, -0.05) is 0 Å². The van der Waals surface area contributed by atoms with E-state index >= 15 is 0 Å². The van der Waals surface area contributed by atoms with Gasteiger partial charge in [0, 0.05) is 23.9 Å². The quantitative estimate of drug-likeness (QED) is 0.653. The molecule has 0 saturated heterocycles. The second-order valence-electron chi connectivity index (χ2n) is 3.54. The Balaban J connectivity index is 2.18. The number of fused-ring (bicyclic) bond motifs is 1. The maximum atomic E-state index is 13.0. The van der Waals surface area contributed by atoms with Crippen LogP contribution in [0.3, 0.4) is 0 Å². The summed E-state index contributed by atoms with van der Waals surface area (Å²) in [5.74, 6) is -0.194. The van der Waals surface area contributed by atoms with E-state index in [1.807, 2.05) is 0 Å². The molecule has 0 aliphatic carbocycles. The molecule has 3 rings (SSSR count). The Kier molecular flexibility index (Phi) is 2.04. The van der Waals surface area contributed by atoms with E-state index in [2.05, 4.69) is 9.97 Å². The summed E-state index contributed by atoms with van der Waals surface area (Å²) in [5.41, 5.74) is 1.57. The van der Waals surface area contributed by atoms with Crippen LogP contribution < -0.4 is 0 Å². The normalized spacial score (nSPS) is 10.9. The average molecular weight is 230 g/mol. The van der Waals surface area contributed by atoms with Crippen molar-refractivity contribution in [3.63, 3.8) is 0 Å². The van der Waals surface area contributed by atoms with E-state index in [-0.39, 0.29) is 5.75 Å². The molecule has 5 heteroatoms. The van der Waals surface area contributed by atoms with Gasteiger partial charge in [-0.25, -0.2) is 9.97 Å². The molecule has 0 atom stereocenters. The predicted octanol–water partition coefficient (Wildman–Crippen LogP) is 2.73. The van der Waals surface area contributed by atoms with Crippen LogP contribution in [0.25, 0.3) is 22.6 Å². The van der Waals surface area contributed by atoms with Crippen LogP contribution in [0.15, 0.2) is 40.9 Å². The molecule has 0 spiro atoms. The van der Waals surface area contributed by atoms with Crippen LogP contribution in [-0.4, -0.2) is 15.1 Å². The monoisotopic (exact) mass is 230 g/mol. The maximum absolute atomic E-state index is 13.0. The number of hydrogen-bond acceptors (Lipinski definition) is 4. The van der Waals surface area contributed by atoms with Gasteiger partial charge < -0.3 is 9.52 Å². The molecule has 3 aromatic rings. The van der Waals surface area contributed by atoms with Crippen LogP contribution in [0, 0.1) is 5.95 Å². The van der Waals surface area contributed by atoms with Crippen molar-refractivity contribution in [3.05, 3.63) is 42.5 Å². The molecule has 84 valence electrons. The van der Waals surface area contributed by atoms with E-state index in [9.17, 15) is 9.50 Å². The van der Waals surface area contributed by atoms with Crippen molar-refractivity contribution >= 4 is 11.1 Å². The lowest BCUT2D eigenvalue weighted by molar-refractivity contribution is 0.474. The molecule has 4 nitrogen and oxygen atoms in total. The van der Waals surface area contributed by atoms with Crippen LogP contribution in [0.4, 0.5) is 4.39 Å². The van der Waals surface area contributed by atoms with Crippen molar-refractivity contribution in [3.8, 4) is 17.2 Å². The highest BCUT2D eigenvalue weighted by molar-refractivity contribution is 5.77. The second-order valence-corrected chi connectivity index (χ2v) is 3.54. The molecule has 2 aromatic heterocycles. The first-order valence-corrected chi connectivity index (χ1v) is 4.94. The summed E-state index contributed by atoms with van der Waals surface area (Å²) in [6.45, 7) is 0. The number of benzene rings is 1. The summed E-state index contributed by atoms with van der Waals surface area (Å²) in [6, 6.07) is 7.46. The Bertz CT molecular complexity index is 694. The van der Waals surface area contributed by atoms with Gasteiger partial charge in [0.2, 0.25) is 11.8 Å². The van der Waals surface area contributed by atoms with Gasteiger partial charge in [-0.05, 0) is 18.2 Å². The summed E-state index contributed by atoms with van der Waals surface area (Å²) in [4.78, 5) is 7.65. The summed E-state index contributed by atoms with van der Waals surface area (Å²) in [7, 11) is 0. The SMILES string of the molecule is Oc1ccc2nc(-c3ccnc(F)c3)oc2c1. The summed E-state index contributed by atoms with van der Waals surface area (Å²) >= 11 is 0. The van der Waals surface area contributed by atoms with E-state index in [0.29, 0.717) is 22.6 Å². The smallest absolute Gasteiger partial charge is 0.227 e. The van der Waals surface area contributed by atoms with E-state index in [1.54, 1.807) is 12.1 Å². The fourth-order valence-electron chi connectivity index (χ4n) is 1.57. The summed E-state index contributed by atoms with van der Waals surface area (Å²) < 4.78 is 18.4. The van der Waals surface area contributed by atoms with Crippen LogP contribution in [0.1, 0.15) is 0 Å². The number of phenolic OH excluding ortho intramolecular Hbond substituents is 1. The average Bonchev–Trinajstić information content (AvgIpc) is 2.72. The van der Waals surface area contributed by atoms with E-state index < -0.39 is 5.95 Å². The molecule has 1 aromatic carbocycles. The topological polar surface area (TPSA) is 59.2 Å². The lowest BCUT2D eigenvalue weighted by Crippen LogP contribution is -1.83. The summed E-state index contributed by atoms with van der Waals surface area (Å²) in [6.07, 6.45) is 1.34. The predicted molar refractivity (Wildman–Crippen MR) is 58.9 cm³/mol. The van der Waals surface area contributed by atoms with Crippen LogP contribution >= 0.6 is 0 Å². The maximum Gasteiger partial charge on any atom is 0.227 e. The standard InChI is InChI=1S/C12H7FN2O2/c13-11-5-7(3-4-14-11)12-15-9-2-1-8(16)6-10(9)17-12/h1-6,16H. The Hall–Kier alpha value is -2.43. The Morgan fingerprint density at radius 3 is 2.88 bits per heavy atom. The van der Waals surface area contributed by atoms with Crippen molar-refractivity contribution in [2.45, 2.75) is 0 Å². The highest BCUT2D eigenvalue weighted by Gasteiger charge is 2.09.